The third kappa shape index (κ3) is 3.45. The van der Waals surface area contributed by atoms with Crippen LogP contribution >= 0.6 is 22.6 Å². The van der Waals surface area contributed by atoms with Crippen molar-refractivity contribution in [3.05, 3.63) is 49.2 Å². The zero-order valence-corrected chi connectivity index (χ0v) is 13.5. The standard InChI is InChI=1S/C14H12F3IN2O/c1-6(2)3-10-12(18)14(21)20-13(19-10)7-4-8(15)11(17)9(16)5-7/h4-6H,3H2,1-2H3,(H,19,20,21). The summed E-state index contributed by atoms with van der Waals surface area (Å²) in [5.74, 6) is -3.90. The predicted molar refractivity (Wildman–Crippen MR) is 81.4 cm³/mol. The Labute approximate surface area is 132 Å². The van der Waals surface area contributed by atoms with Crippen molar-refractivity contribution in [3.63, 3.8) is 0 Å². The van der Waals surface area contributed by atoms with E-state index in [1.165, 1.54) is 0 Å². The summed E-state index contributed by atoms with van der Waals surface area (Å²) < 4.78 is 40.0. The van der Waals surface area contributed by atoms with Crippen LogP contribution in [0.4, 0.5) is 13.2 Å². The van der Waals surface area contributed by atoms with Gasteiger partial charge in [0.05, 0.1) is 9.26 Å². The predicted octanol–water partition coefficient (Wildman–Crippen LogP) is 3.66. The SMILES string of the molecule is CC(C)Cc1nc(-c2cc(F)c(F)c(F)c2)[nH]c(=O)c1I. The minimum Gasteiger partial charge on any atom is -0.306 e. The molecule has 0 spiro atoms. The molecule has 0 saturated heterocycles. The molecule has 0 aliphatic carbocycles. The lowest BCUT2D eigenvalue weighted by Crippen LogP contribution is -2.17. The van der Waals surface area contributed by atoms with Gasteiger partial charge in [-0.2, -0.15) is 0 Å². The average molecular weight is 408 g/mol. The lowest BCUT2D eigenvalue weighted by atomic mass is 10.1. The van der Waals surface area contributed by atoms with E-state index in [9.17, 15) is 18.0 Å². The minimum atomic E-state index is -1.55. The number of halogens is 4. The van der Waals surface area contributed by atoms with Crippen molar-refractivity contribution in [2.24, 2.45) is 5.92 Å². The van der Waals surface area contributed by atoms with Gasteiger partial charge in [-0.25, -0.2) is 18.2 Å². The van der Waals surface area contributed by atoms with Gasteiger partial charge >= 0.3 is 0 Å². The van der Waals surface area contributed by atoms with Gasteiger partial charge < -0.3 is 4.98 Å². The lowest BCUT2D eigenvalue weighted by Gasteiger charge is -2.09. The number of aromatic nitrogens is 2. The van der Waals surface area contributed by atoms with E-state index in [4.69, 9.17) is 0 Å². The van der Waals surface area contributed by atoms with E-state index >= 15 is 0 Å². The highest BCUT2D eigenvalue weighted by atomic mass is 127. The first-order valence-electron chi connectivity index (χ1n) is 6.23. The Bertz CT molecular complexity index is 720. The van der Waals surface area contributed by atoms with Crippen LogP contribution in [0.25, 0.3) is 11.4 Å². The third-order valence-corrected chi connectivity index (χ3v) is 3.90. The first-order valence-corrected chi connectivity index (χ1v) is 7.31. The van der Waals surface area contributed by atoms with Crippen LogP contribution in [0.1, 0.15) is 19.5 Å². The van der Waals surface area contributed by atoms with Gasteiger partial charge in [0, 0.05) is 5.56 Å². The molecule has 1 N–H and O–H groups in total. The molecule has 1 aromatic heterocycles. The summed E-state index contributed by atoms with van der Waals surface area (Å²) in [7, 11) is 0. The molecule has 7 heteroatoms. The Morgan fingerprint density at radius 1 is 1.24 bits per heavy atom. The zero-order valence-electron chi connectivity index (χ0n) is 11.3. The van der Waals surface area contributed by atoms with Gasteiger partial charge in [-0.15, -0.1) is 0 Å². The van der Waals surface area contributed by atoms with Crippen molar-refractivity contribution in [3.8, 4) is 11.4 Å². The molecule has 0 radical (unpaired) electrons. The third-order valence-electron chi connectivity index (χ3n) is 2.79. The molecule has 1 heterocycles. The molecule has 0 fully saturated rings. The van der Waals surface area contributed by atoms with Crippen LogP contribution in [0.5, 0.6) is 0 Å². The highest BCUT2D eigenvalue weighted by molar-refractivity contribution is 14.1. The van der Waals surface area contributed by atoms with Gasteiger partial charge in [-0.1, -0.05) is 13.8 Å². The van der Waals surface area contributed by atoms with Crippen LogP contribution in [-0.2, 0) is 6.42 Å². The fraction of sp³-hybridized carbons (Fsp3) is 0.286. The van der Waals surface area contributed by atoms with Crippen LogP contribution in [0.15, 0.2) is 16.9 Å². The normalized spacial score (nSPS) is 11.2. The zero-order chi connectivity index (χ0) is 15.7. The lowest BCUT2D eigenvalue weighted by molar-refractivity contribution is 0.447. The second kappa shape index (κ2) is 6.17. The highest BCUT2D eigenvalue weighted by Gasteiger charge is 2.16. The van der Waals surface area contributed by atoms with E-state index in [2.05, 4.69) is 9.97 Å². The number of hydrogen-bond donors (Lipinski definition) is 1. The van der Waals surface area contributed by atoms with Crippen LogP contribution in [0.2, 0.25) is 0 Å². The van der Waals surface area contributed by atoms with Crippen LogP contribution in [-0.4, -0.2) is 9.97 Å². The van der Waals surface area contributed by atoms with E-state index in [0.717, 1.165) is 12.1 Å². The molecule has 0 saturated carbocycles. The van der Waals surface area contributed by atoms with E-state index in [0.29, 0.717) is 15.7 Å². The second-order valence-corrected chi connectivity index (χ2v) is 6.11. The Hall–Kier alpha value is -1.38. The summed E-state index contributed by atoms with van der Waals surface area (Å²) in [6.07, 6.45) is 0.557. The maximum Gasteiger partial charge on any atom is 0.264 e. The molecule has 0 bridgehead atoms. The molecule has 1 aromatic carbocycles. The maximum atomic E-state index is 13.3. The molecular weight excluding hydrogens is 396 g/mol. The van der Waals surface area contributed by atoms with Gasteiger partial charge in [0.15, 0.2) is 17.5 Å². The number of aromatic amines is 1. The number of H-pyrrole nitrogens is 1. The van der Waals surface area contributed by atoms with Gasteiger partial charge in [0.1, 0.15) is 5.82 Å². The number of benzene rings is 1. The molecule has 0 atom stereocenters. The molecule has 112 valence electrons. The first kappa shape index (κ1) is 16.0. The Morgan fingerprint density at radius 2 is 1.81 bits per heavy atom. The van der Waals surface area contributed by atoms with Crippen molar-refractivity contribution < 1.29 is 13.2 Å². The number of rotatable bonds is 3. The van der Waals surface area contributed by atoms with Crippen LogP contribution in [0.3, 0.4) is 0 Å². The first-order chi connectivity index (χ1) is 9.79. The Morgan fingerprint density at radius 3 is 2.33 bits per heavy atom. The van der Waals surface area contributed by atoms with Crippen molar-refractivity contribution >= 4 is 22.6 Å². The van der Waals surface area contributed by atoms with Crippen LogP contribution < -0.4 is 5.56 Å². The Balaban J connectivity index is 2.59. The Kier molecular flexibility index (Phi) is 4.70. The van der Waals surface area contributed by atoms with Gasteiger partial charge in [0.2, 0.25) is 0 Å². The quantitative estimate of drug-likeness (QED) is 0.623. The number of nitrogens with one attached hydrogen (secondary N) is 1. The molecule has 0 aliphatic rings. The van der Waals surface area contributed by atoms with E-state index in [-0.39, 0.29) is 22.9 Å². The summed E-state index contributed by atoms with van der Waals surface area (Å²) in [4.78, 5) is 18.6. The molecule has 0 amide bonds. The van der Waals surface area contributed by atoms with Gasteiger partial charge in [-0.3, -0.25) is 4.79 Å². The summed E-state index contributed by atoms with van der Waals surface area (Å²) >= 11 is 1.88. The molecule has 2 rings (SSSR count). The summed E-state index contributed by atoms with van der Waals surface area (Å²) in [6.45, 7) is 3.94. The summed E-state index contributed by atoms with van der Waals surface area (Å²) in [5, 5.41) is 0. The van der Waals surface area contributed by atoms with E-state index in [1.54, 1.807) is 0 Å². The monoisotopic (exact) mass is 408 g/mol. The highest BCUT2D eigenvalue weighted by Crippen LogP contribution is 2.21. The maximum absolute atomic E-state index is 13.3. The summed E-state index contributed by atoms with van der Waals surface area (Å²) in [6, 6.07) is 1.62. The fourth-order valence-corrected chi connectivity index (χ4v) is 2.33. The van der Waals surface area contributed by atoms with Gasteiger partial charge in [-0.05, 0) is 47.1 Å². The van der Waals surface area contributed by atoms with Crippen molar-refractivity contribution in [1.29, 1.82) is 0 Å². The molecular formula is C14H12F3IN2O. The minimum absolute atomic E-state index is 0.00935. The van der Waals surface area contributed by atoms with Crippen molar-refractivity contribution in [2.75, 3.05) is 0 Å². The number of hydrogen-bond acceptors (Lipinski definition) is 2. The second-order valence-electron chi connectivity index (χ2n) is 5.03. The van der Waals surface area contributed by atoms with Crippen molar-refractivity contribution in [1.82, 2.24) is 9.97 Å². The van der Waals surface area contributed by atoms with Crippen molar-refractivity contribution in [2.45, 2.75) is 20.3 Å². The summed E-state index contributed by atoms with van der Waals surface area (Å²) in [5.41, 5.74) is 0.154. The van der Waals surface area contributed by atoms with E-state index < -0.39 is 17.5 Å². The average Bonchev–Trinajstić information content (AvgIpc) is 2.39. The molecule has 0 unspecified atom stereocenters. The smallest absolute Gasteiger partial charge is 0.264 e. The van der Waals surface area contributed by atoms with Crippen LogP contribution in [0, 0.1) is 26.9 Å². The largest absolute Gasteiger partial charge is 0.306 e. The van der Waals surface area contributed by atoms with Gasteiger partial charge in [0.25, 0.3) is 5.56 Å². The topological polar surface area (TPSA) is 45.8 Å². The molecule has 2 aromatic rings. The number of nitrogens with zero attached hydrogens (tertiary/aromatic N) is 1. The molecule has 3 nitrogen and oxygen atoms in total. The van der Waals surface area contributed by atoms with E-state index in [1.807, 2.05) is 36.4 Å². The molecule has 0 aliphatic heterocycles. The fourth-order valence-electron chi connectivity index (χ4n) is 1.86. The molecule has 21 heavy (non-hydrogen) atoms.